The van der Waals surface area contributed by atoms with E-state index in [0.717, 1.165) is 5.56 Å². The molecule has 0 aliphatic heterocycles. The summed E-state index contributed by atoms with van der Waals surface area (Å²) >= 11 is 0. The normalized spacial score (nSPS) is 10.9. The Balaban J connectivity index is 2.32. The van der Waals surface area contributed by atoms with E-state index in [1.807, 2.05) is 6.92 Å². The van der Waals surface area contributed by atoms with Crippen molar-refractivity contribution < 1.29 is 10.2 Å². The van der Waals surface area contributed by atoms with Crippen LogP contribution in [-0.4, -0.2) is 10.2 Å². The number of phenols is 2. The van der Waals surface area contributed by atoms with Crippen molar-refractivity contribution in [3.05, 3.63) is 48.0 Å². The third kappa shape index (κ3) is 2.60. The maximum Gasteiger partial charge on any atom is 0.143 e. The van der Waals surface area contributed by atoms with Gasteiger partial charge in [-0.2, -0.15) is 0 Å². The molecule has 0 aliphatic carbocycles. The zero-order valence-electron chi connectivity index (χ0n) is 9.33. The van der Waals surface area contributed by atoms with Crippen LogP contribution in [-0.2, 0) is 0 Å². The molecule has 86 valence electrons. The molecule has 0 amide bonds. The molecule has 0 spiro atoms. The second-order valence-corrected chi connectivity index (χ2v) is 3.68. The monoisotopic (exact) mass is 228 g/mol. The van der Waals surface area contributed by atoms with Gasteiger partial charge in [-0.05, 0) is 36.8 Å². The minimum atomic E-state index is 0.0587. The number of rotatable bonds is 2. The van der Waals surface area contributed by atoms with Crippen molar-refractivity contribution in [3.63, 3.8) is 0 Å². The van der Waals surface area contributed by atoms with Crippen LogP contribution < -0.4 is 0 Å². The Labute approximate surface area is 98.9 Å². The summed E-state index contributed by atoms with van der Waals surface area (Å²) in [5.41, 5.74) is 1.73. The van der Waals surface area contributed by atoms with Crippen molar-refractivity contribution in [1.82, 2.24) is 0 Å². The topological polar surface area (TPSA) is 65.2 Å². The average Bonchev–Trinajstić information content (AvgIpc) is 2.32. The average molecular weight is 228 g/mol. The van der Waals surface area contributed by atoms with Crippen LogP contribution in [0.15, 0.2) is 52.7 Å². The van der Waals surface area contributed by atoms with Crippen LogP contribution in [0.3, 0.4) is 0 Å². The van der Waals surface area contributed by atoms with E-state index in [2.05, 4.69) is 10.2 Å². The minimum Gasteiger partial charge on any atom is -0.506 e. The van der Waals surface area contributed by atoms with E-state index in [1.165, 1.54) is 6.07 Å². The van der Waals surface area contributed by atoms with Crippen LogP contribution >= 0.6 is 0 Å². The summed E-state index contributed by atoms with van der Waals surface area (Å²) in [7, 11) is 0. The number of benzene rings is 2. The molecule has 0 fully saturated rings. The van der Waals surface area contributed by atoms with Gasteiger partial charge in [-0.3, -0.25) is 0 Å². The molecular weight excluding hydrogens is 216 g/mol. The van der Waals surface area contributed by atoms with Gasteiger partial charge in [0.25, 0.3) is 0 Å². The number of aromatic hydroxyl groups is 2. The summed E-state index contributed by atoms with van der Waals surface area (Å²) in [5, 5.41) is 26.9. The van der Waals surface area contributed by atoms with Gasteiger partial charge in [-0.25, -0.2) is 0 Å². The quantitative estimate of drug-likeness (QED) is 0.767. The Morgan fingerprint density at radius 1 is 0.824 bits per heavy atom. The van der Waals surface area contributed by atoms with Gasteiger partial charge in [-0.1, -0.05) is 18.2 Å². The number of para-hydroxylation sites is 1. The molecule has 2 aromatic rings. The molecule has 2 N–H and O–H groups in total. The molecule has 0 heterocycles. The molecule has 0 saturated heterocycles. The fourth-order valence-corrected chi connectivity index (χ4v) is 1.37. The lowest BCUT2D eigenvalue weighted by Gasteiger charge is -1.99. The van der Waals surface area contributed by atoms with E-state index in [9.17, 15) is 10.2 Å². The first-order valence-electron chi connectivity index (χ1n) is 5.16. The molecule has 0 atom stereocenters. The van der Waals surface area contributed by atoms with Crippen LogP contribution in [0.5, 0.6) is 11.5 Å². The first kappa shape index (κ1) is 11.1. The standard InChI is InChI=1S/C13H12N2O2/c1-9-6-7-13(17)11(8-9)15-14-10-4-2-3-5-12(10)16/h2-8,16-17H,1H3/b15-14+. The molecule has 0 saturated carbocycles. The highest BCUT2D eigenvalue weighted by Crippen LogP contribution is 2.31. The van der Waals surface area contributed by atoms with Gasteiger partial charge in [0, 0.05) is 0 Å². The van der Waals surface area contributed by atoms with Crippen LogP contribution in [0.1, 0.15) is 5.56 Å². The number of hydrogen-bond acceptors (Lipinski definition) is 4. The van der Waals surface area contributed by atoms with Crippen LogP contribution in [0.4, 0.5) is 11.4 Å². The Morgan fingerprint density at radius 2 is 1.47 bits per heavy atom. The second kappa shape index (κ2) is 4.65. The predicted molar refractivity (Wildman–Crippen MR) is 65.1 cm³/mol. The fourth-order valence-electron chi connectivity index (χ4n) is 1.37. The molecule has 0 aliphatic rings. The Kier molecular flexibility index (Phi) is 3.05. The molecule has 17 heavy (non-hydrogen) atoms. The number of aryl methyl sites for hydroxylation is 1. The van der Waals surface area contributed by atoms with Crippen molar-refractivity contribution >= 4 is 11.4 Å². The van der Waals surface area contributed by atoms with Crippen molar-refractivity contribution in [1.29, 1.82) is 0 Å². The van der Waals surface area contributed by atoms with Crippen LogP contribution in [0.25, 0.3) is 0 Å². The molecule has 0 bridgehead atoms. The van der Waals surface area contributed by atoms with Crippen molar-refractivity contribution in [2.24, 2.45) is 10.2 Å². The van der Waals surface area contributed by atoms with Gasteiger partial charge in [0.1, 0.15) is 22.9 Å². The van der Waals surface area contributed by atoms with Crippen LogP contribution in [0, 0.1) is 6.92 Å². The van der Waals surface area contributed by atoms with E-state index in [0.29, 0.717) is 11.4 Å². The summed E-state index contributed by atoms with van der Waals surface area (Å²) in [6, 6.07) is 11.7. The molecule has 0 unspecified atom stereocenters. The van der Waals surface area contributed by atoms with Crippen LogP contribution in [0.2, 0.25) is 0 Å². The fraction of sp³-hybridized carbons (Fsp3) is 0.0769. The zero-order chi connectivity index (χ0) is 12.3. The molecule has 4 heteroatoms. The van der Waals surface area contributed by atoms with E-state index >= 15 is 0 Å². The van der Waals surface area contributed by atoms with Gasteiger partial charge in [0.15, 0.2) is 0 Å². The second-order valence-electron chi connectivity index (χ2n) is 3.68. The van der Waals surface area contributed by atoms with Gasteiger partial charge in [0.2, 0.25) is 0 Å². The van der Waals surface area contributed by atoms with Gasteiger partial charge < -0.3 is 10.2 Å². The summed E-state index contributed by atoms with van der Waals surface area (Å²) in [6.45, 7) is 1.90. The molecule has 0 radical (unpaired) electrons. The first-order chi connectivity index (χ1) is 8.16. The molecule has 0 aromatic heterocycles. The summed E-state index contributed by atoms with van der Waals surface area (Å²) in [6.07, 6.45) is 0. The lowest BCUT2D eigenvalue weighted by Crippen LogP contribution is -1.72. The van der Waals surface area contributed by atoms with E-state index in [4.69, 9.17) is 0 Å². The Bertz CT molecular complexity index is 565. The lowest BCUT2D eigenvalue weighted by atomic mass is 10.2. The highest BCUT2D eigenvalue weighted by molar-refractivity contribution is 5.54. The Hall–Kier alpha value is -2.36. The number of phenolic OH excluding ortho intramolecular Hbond substituents is 2. The van der Waals surface area contributed by atoms with Gasteiger partial charge in [-0.15, -0.1) is 10.2 Å². The summed E-state index contributed by atoms with van der Waals surface area (Å²) in [4.78, 5) is 0. The molecule has 4 nitrogen and oxygen atoms in total. The number of nitrogens with zero attached hydrogens (tertiary/aromatic N) is 2. The molecular formula is C13H12N2O2. The predicted octanol–water partition coefficient (Wildman–Crippen LogP) is 3.82. The highest BCUT2D eigenvalue weighted by Gasteiger charge is 2.01. The number of azo groups is 1. The number of hydrogen-bond donors (Lipinski definition) is 2. The Morgan fingerprint density at radius 3 is 2.24 bits per heavy atom. The molecule has 2 aromatic carbocycles. The third-order valence-electron chi connectivity index (χ3n) is 2.28. The maximum absolute atomic E-state index is 9.57. The van der Waals surface area contributed by atoms with E-state index in [1.54, 1.807) is 36.4 Å². The van der Waals surface area contributed by atoms with Crippen molar-refractivity contribution in [2.75, 3.05) is 0 Å². The largest absolute Gasteiger partial charge is 0.506 e. The lowest BCUT2D eigenvalue weighted by molar-refractivity contribution is 0.474. The molecule has 2 rings (SSSR count). The minimum absolute atomic E-state index is 0.0587. The summed E-state index contributed by atoms with van der Waals surface area (Å²) in [5.74, 6) is 0.123. The zero-order valence-corrected chi connectivity index (χ0v) is 9.33. The van der Waals surface area contributed by atoms with Crippen molar-refractivity contribution in [2.45, 2.75) is 6.92 Å². The van der Waals surface area contributed by atoms with E-state index in [-0.39, 0.29) is 11.5 Å². The summed E-state index contributed by atoms with van der Waals surface area (Å²) < 4.78 is 0. The maximum atomic E-state index is 9.57. The third-order valence-corrected chi connectivity index (χ3v) is 2.28. The highest BCUT2D eigenvalue weighted by atomic mass is 16.3. The first-order valence-corrected chi connectivity index (χ1v) is 5.16. The smallest absolute Gasteiger partial charge is 0.143 e. The van der Waals surface area contributed by atoms with Gasteiger partial charge >= 0.3 is 0 Å². The van der Waals surface area contributed by atoms with Crippen molar-refractivity contribution in [3.8, 4) is 11.5 Å². The SMILES string of the molecule is Cc1ccc(O)c(/N=N/c2ccccc2O)c1. The van der Waals surface area contributed by atoms with Gasteiger partial charge in [0.05, 0.1) is 0 Å². The van der Waals surface area contributed by atoms with E-state index < -0.39 is 0 Å².